The summed E-state index contributed by atoms with van der Waals surface area (Å²) in [5, 5.41) is 24.0. The predicted octanol–water partition coefficient (Wildman–Crippen LogP) is -0.409. The van der Waals surface area contributed by atoms with Crippen molar-refractivity contribution in [2.75, 3.05) is 13.7 Å². The molecule has 0 aromatic carbocycles. The highest BCUT2D eigenvalue weighted by atomic mass is 16.6. The van der Waals surface area contributed by atoms with Crippen molar-refractivity contribution >= 4 is 5.97 Å². The minimum atomic E-state index is -1.01. The lowest BCUT2D eigenvalue weighted by Gasteiger charge is -1.99. The van der Waals surface area contributed by atoms with Crippen molar-refractivity contribution in [1.29, 1.82) is 0 Å². The van der Waals surface area contributed by atoms with Crippen LogP contribution in [0.25, 0.3) is 0 Å². The molecule has 3 N–H and O–H groups in total. The Bertz CT molecular complexity index is 127. The maximum atomic E-state index is 9.60. The smallest absolute Gasteiger partial charge is 0.330 e. The van der Waals surface area contributed by atoms with Gasteiger partial charge in [0.2, 0.25) is 0 Å². The highest BCUT2D eigenvalue weighted by Gasteiger charge is 1.92. The molecular formula is C7H14O5. The fourth-order valence-electron chi connectivity index (χ4n) is 0.0745. The molecule has 0 aliphatic heterocycles. The summed E-state index contributed by atoms with van der Waals surface area (Å²) in [6, 6.07) is 0. The standard InChI is InChI=1S/C4H6O2.C3H8O3/c1-3(2)4(5)6;1-6-3(5)2-4/h1H2,2H3,(H,5,6);3-5H,2H2,1H3. The topological polar surface area (TPSA) is 87.0 Å². The zero-order chi connectivity index (χ0) is 10.1. The van der Waals surface area contributed by atoms with Gasteiger partial charge < -0.3 is 20.1 Å². The number of aliphatic hydroxyl groups is 2. The maximum Gasteiger partial charge on any atom is 0.330 e. The first-order chi connectivity index (χ1) is 5.45. The van der Waals surface area contributed by atoms with Crippen LogP contribution >= 0.6 is 0 Å². The Labute approximate surface area is 70.9 Å². The highest BCUT2D eigenvalue weighted by Crippen LogP contribution is 1.81. The molecule has 0 radical (unpaired) electrons. The van der Waals surface area contributed by atoms with Crippen molar-refractivity contribution in [3.63, 3.8) is 0 Å². The summed E-state index contributed by atoms with van der Waals surface area (Å²) in [7, 11) is 1.32. The second-order valence-electron chi connectivity index (χ2n) is 1.96. The van der Waals surface area contributed by atoms with Crippen LogP contribution in [0.1, 0.15) is 6.92 Å². The van der Waals surface area contributed by atoms with Gasteiger partial charge in [-0.15, -0.1) is 0 Å². The first-order valence-electron chi connectivity index (χ1n) is 3.16. The molecule has 0 amide bonds. The number of hydrogen-bond donors (Lipinski definition) is 3. The average molecular weight is 178 g/mol. The molecule has 5 heteroatoms. The molecule has 0 spiro atoms. The van der Waals surface area contributed by atoms with Crippen LogP contribution in [0, 0.1) is 0 Å². The van der Waals surface area contributed by atoms with Gasteiger partial charge in [0.05, 0.1) is 6.61 Å². The second-order valence-corrected chi connectivity index (χ2v) is 1.96. The van der Waals surface area contributed by atoms with E-state index in [2.05, 4.69) is 11.3 Å². The molecule has 0 aliphatic rings. The van der Waals surface area contributed by atoms with E-state index < -0.39 is 12.3 Å². The number of carboxylic acids is 1. The van der Waals surface area contributed by atoms with Crippen molar-refractivity contribution in [2.45, 2.75) is 13.2 Å². The molecule has 0 saturated heterocycles. The summed E-state index contributed by atoms with van der Waals surface area (Å²) in [5.74, 6) is -0.935. The second kappa shape index (κ2) is 8.19. The Kier molecular flexibility index (Phi) is 9.32. The molecule has 0 aliphatic carbocycles. The van der Waals surface area contributed by atoms with Crippen LogP contribution in [-0.2, 0) is 9.53 Å². The summed E-state index contributed by atoms with van der Waals surface area (Å²) in [4.78, 5) is 9.60. The van der Waals surface area contributed by atoms with E-state index in [9.17, 15) is 4.79 Å². The third-order valence-corrected chi connectivity index (χ3v) is 0.793. The van der Waals surface area contributed by atoms with Crippen LogP contribution in [0.15, 0.2) is 12.2 Å². The zero-order valence-corrected chi connectivity index (χ0v) is 7.15. The van der Waals surface area contributed by atoms with E-state index >= 15 is 0 Å². The summed E-state index contributed by atoms with van der Waals surface area (Å²) >= 11 is 0. The third kappa shape index (κ3) is 11.8. The van der Waals surface area contributed by atoms with Crippen molar-refractivity contribution < 1.29 is 24.9 Å². The van der Waals surface area contributed by atoms with Crippen LogP contribution < -0.4 is 0 Å². The van der Waals surface area contributed by atoms with Crippen LogP contribution in [0.2, 0.25) is 0 Å². The quantitative estimate of drug-likeness (QED) is 0.404. The molecule has 0 aromatic heterocycles. The molecule has 0 rings (SSSR count). The third-order valence-electron chi connectivity index (χ3n) is 0.793. The van der Waals surface area contributed by atoms with E-state index in [1.807, 2.05) is 0 Å². The number of hydrogen-bond acceptors (Lipinski definition) is 4. The number of aliphatic hydroxyl groups excluding tert-OH is 2. The number of carbonyl (C=O) groups is 1. The molecule has 1 unspecified atom stereocenters. The Morgan fingerprint density at radius 3 is 2.00 bits per heavy atom. The van der Waals surface area contributed by atoms with Gasteiger partial charge in [-0.05, 0) is 6.92 Å². The Hall–Kier alpha value is -0.910. The maximum absolute atomic E-state index is 9.60. The van der Waals surface area contributed by atoms with Gasteiger partial charge in [0.25, 0.3) is 0 Å². The van der Waals surface area contributed by atoms with E-state index in [1.165, 1.54) is 14.0 Å². The number of methoxy groups -OCH3 is 1. The molecule has 0 saturated carbocycles. The summed E-state index contributed by atoms with van der Waals surface area (Å²) in [6.07, 6.45) is -1.01. The molecule has 0 aromatic rings. The predicted molar refractivity (Wildman–Crippen MR) is 42.6 cm³/mol. The van der Waals surface area contributed by atoms with Gasteiger partial charge in [-0.1, -0.05) is 6.58 Å². The van der Waals surface area contributed by atoms with E-state index in [0.717, 1.165) is 0 Å². The number of rotatable bonds is 3. The lowest BCUT2D eigenvalue weighted by molar-refractivity contribution is -0.132. The average Bonchev–Trinajstić information content (AvgIpc) is 2.04. The van der Waals surface area contributed by atoms with Crippen molar-refractivity contribution in [3.8, 4) is 0 Å². The van der Waals surface area contributed by atoms with E-state index in [4.69, 9.17) is 15.3 Å². The number of aliphatic carboxylic acids is 1. The van der Waals surface area contributed by atoms with Crippen LogP contribution in [0.5, 0.6) is 0 Å². The van der Waals surface area contributed by atoms with Crippen LogP contribution in [-0.4, -0.2) is 41.3 Å². The monoisotopic (exact) mass is 178 g/mol. The van der Waals surface area contributed by atoms with Crippen molar-refractivity contribution in [2.24, 2.45) is 0 Å². The van der Waals surface area contributed by atoms with Gasteiger partial charge in [0, 0.05) is 12.7 Å². The van der Waals surface area contributed by atoms with Crippen LogP contribution in [0.3, 0.4) is 0 Å². The Balaban J connectivity index is 0. The van der Waals surface area contributed by atoms with Crippen molar-refractivity contribution in [1.82, 2.24) is 0 Å². The first kappa shape index (κ1) is 13.7. The van der Waals surface area contributed by atoms with E-state index in [-0.39, 0.29) is 12.2 Å². The normalized spacial score (nSPS) is 11.0. The summed E-state index contributed by atoms with van der Waals surface area (Å²) in [5.41, 5.74) is 0.176. The largest absolute Gasteiger partial charge is 0.478 e. The summed E-state index contributed by atoms with van der Waals surface area (Å²) < 4.78 is 4.20. The molecular weight excluding hydrogens is 164 g/mol. The molecule has 0 heterocycles. The SMILES string of the molecule is C=C(C)C(=O)O.COC(O)CO. The molecule has 0 fully saturated rings. The fraction of sp³-hybridized carbons (Fsp3) is 0.571. The zero-order valence-electron chi connectivity index (χ0n) is 7.15. The minimum absolute atomic E-state index is 0.176. The number of carboxylic acid groups (broad SMARTS) is 1. The van der Waals surface area contributed by atoms with Gasteiger partial charge in [0.1, 0.15) is 0 Å². The molecule has 72 valence electrons. The van der Waals surface area contributed by atoms with Gasteiger partial charge in [-0.3, -0.25) is 0 Å². The van der Waals surface area contributed by atoms with E-state index in [0.29, 0.717) is 0 Å². The van der Waals surface area contributed by atoms with Gasteiger partial charge >= 0.3 is 5.97 Å². The molecule has 12 heavy (non-hydrogen) atoms. The Morgan fingerprint density at radius 1 is 1.67 bits per heavy atom. The molecule has 0 bridgehead atoms. The summed E-state index contributed by atoms with van der Waals surface area (Å²) in [6.45, 7) is 4.27. The lowest BCUT2D eigenvalue weighted by atomic mass is 10.4. The lowest BCUT2D eigenvalue weighted by Crippen LogP contribution is -2.12. The number of ether oxygens (including phenoxy) is 1. The highest BCUT2D eigenvalue weighted by molar-refractivity contribution is 5.84. The van der Waals surface area contributed by atoms with Crippen molar-refractivity contribution in [3.05, 3.63) is 12.2 Å². The minimum Gasteiger partial charge on any atom is -0.478 e. The fourth-order valence-corrected chi connectivity index (χ4v) is 0.0745. The van der Waals surface area contributed by atoms with Gasteiger partial charge in [-0.2, -0.15) is 0 Å². The molecule has 5 nitrogen and oxygen atoms in total. The van der Waals surface area contributed by atoms with E-state index in [1.54, 1.807) is 0 Å². The van der Waals surface area contributed by atoms with Crippen LogP contribution in [0.4, 0.5) is 0 Å². The van der Waals surface area contributed by atoms with Gasteiger partial charge in [-0.25, -0.2) is 4.79 Å². The van der Waals surface area contributed by atoms with Gasteiger partial charge in [0.15, 0.2) is 6.29 Å². The molecule has 1 atom stereocenters. The first-order valence-corrected chi connectivity index (χ1v) is 3.16. The Morgan fingerprint density at radius 2 is 2.00 bits per heavy atom.